The molecule has 0 bridgehead atoms. The second kappa shape index (κ2) is 8.48. The molecule has 106 valence electrons. The van der Waals surface area contributed by atoms with Gasteiger partial charge in [-0.25, -0.2) is 0 Å². The van der Waals surface area contributed by atoms with E-state index < -0.39 is 0 Å². The lowest BCUT2D eigenvalue weighted by Gasteiger charge is -2.35. The SMILES string of the molecule is CCCNC(=O)CN(CCC)C1CCC(N)CC1. The van der Waals surface area contributed by atoms with Gasteiger partial charge in [0.15, 0.2) is 0 Å². The maximum absolute atomic E-state index is 11.8. The topological polar surface area (TPSA) is 58.4 Å². The van der Waals surface area contributed by atoms with Gasteiger partial charge in [-0.05, 0) is 45.1 Å². The minimum atomic E-state index is 0.167. The molecule has 1 amide bonds. The molecule has 0 heterocycles. The van der Waals surface area contributed by atoms with Crippen LogP contribution in [0.5, 0.6) is 0 Å². The molecule has 4 heteroatoms. The third-order valence-electron chi connectivity index (χ3n) is 3.69. The van der Waals surface area contributed by atoms with Crippen molar-refractivity contribution >= 4 is 5.91 Å². The number of hydrogen-bond acceptors (Lipinski definition) is 3. The summed E-state index contributed by atoms with van der Waals surface area (Å²) in [4.78, 5) is 14.2. The number of nitrogens with zero attached hydrogens (tertiary/aromatic N) is 1. The summed E-state index contributed by atoms with van der Waals surface area (Å²) >= 11 is 0. The lowest BCUT2D eigenvalue weighted by atomic mass is 9.90. The molecule has 4 nitrogen and oxygen atoms in total. The lowest BCUT2D eigenvalue weighted by molar-refractivity contribution is -0.123. The minimum Gasteiger partial charge on any atom is -0.355 e. The summed E-state index contributed by atoms with van der Waals surface area (Å²) in [6, 6.07) is 0.927. The third kappa shape index (κ3) is 5.36. The van der Waals surface area contributed by atoms with Crippen LogP contribution in [0.3, 0.4) is 0 Å². The van der Waals surface area contributed by atoms with E-state index in [1.165, 1.54) is 0 Å². The molecule has 0 aliphatic heterocycles. The molecular weight excluding hydrogens is 226 g/mol. The minimum absolute atomic E-state index is 0.167. The van der Waals surface area contributed by atoms with Gasteiger partial charge in [0, 0.05) is 18.6 Å². The van der Waals surface area contributed by atoms with Crippen molar-refractivity contribution in [1.29, 1.82) is 0 Å². The van der Waals surface area contributed by atoms with Crippen LogP contribution in [-0.4, -0.2) is 42.5 Å². The molecule has 0 atom stereocenters. The maximum Gasteiger partial charge on any atom is 0.234 e. The second-order valence-electron chi connectivity index (χ2n) is 5.39. The van der Waals surface area contributed by atoms with Crippen molar-refractivity contribution < 1.29 is 4.79 Å². The van der Waals surface area contributed by atoms with Crippen LogP contribution in [0.2, 0.25) is 0 Å². The molecule has 0 saturated heterocycles. The fraction of sp³-hybridized carbons (Fsp3) is 0.929. The zero-order chi connectivity index (χ0) is 13.4. The van der Waals surface area contributed by atoms with Crippen molar-refractivity contribution in [2.75, 3.05) is 19.6 Å². The Labute approximate surface area is 111 Å². The van der Waals surface area contributed by atoms with Crippen LogP contribution in [0, 0.1) is 0 Å². The van der Waals surface area contributed by atoms with Crippen molar-refractivity contribution in [3.05, 3.63) is 0 Å². The third-order valence-corrected chi connectivity index (χ3v) is 3.69. The molecule has 1 fully saturated rings. The van der Waals surface area contributed by atoms with Crippen LogP contribution in [0.15, 0.2) is 0 Å². The highest BCUT2D eigenvalue weighted by Crippen LogP contribution is 2.22. The van der Waals surface area contributed by atoms with Gasteiger partial charge in [0.1, 0.15) is 0 Å². The summed E-state index contributed by atoms with van der Waals surface area (Å²) in [6.07, 6.45) is 6.58. The van der Waals surface area contributed by atoms with E-state index in [2.05, 4.69) is 24.1 Å². The van der Waals surface area contributed by atoms with Gasteiger partial charge >= 0.3 is 0 Å². The molecule has 0 unspecified atom stereocenters. The van der Waals surface area contributed by atoms with Crippen molar-refractivity contribution in [3.63, 3.8) is 0 Å². The van der Waals surface area contributed by atoms with Crippen molar-refractivity contribution in [1.82, 2.24) is 10.2 Å². The van der Waals surface area contributed by atoms with Gasteiger partial charge in [-0.15, -0.1) is 0 Å². The fourth-order valence-corrected chi connectivity index (χ4v) is 2.65. The van der Waals surface area contributed by atoms with Crippen molar-refractivity contribution in [2.24, 2.45) is 5.73 Å². The van der Waals surface area contributed by atoms with E-state index in [9.17, 15) is 4.79 Å². The molecule has 1 rings (SSSR count). The first-order valence-electron chi connectivity index (χ1n) is 7.43. The number of nitrogens with two attached hydrogens (primary N) is 1. The first-order chi connectivity index (χ1) is 8.67. The Morgan fingerprint density at radius 1 is 1.22 bits per heavy atom. The fourth-order valence-electron chi connectivity index (χ4n) is 2.65. The lowest BCUT2D eigenvalue weighted by Crippen LogP contribution is -2.46. The standard InChI is InChI=1S/C14H29N3O/c1-3-9-16-14(18)11-17(10-4-2)13-7-5-12(15)6-8-13/h12-13H,3-11,15H2,1-2H3,(H,16,18). The first kappa shape index (κ1) is 15.4. The molecule has 3 N–H and O–H groups in total. The Morgan fingerprint density at radius 3 is 2.44 bits per heavy atom. The van der Waals surface area contributed by atoms with Crippen LogP contribution in [0.25, 0.3) is 0 Å². The normalized spacial score (nSPS) is 24.2. The molecule has 1 saturated carbocycles. The number of rotatable bonds is 7. The van der Waals surface area contributed by atoms with Gasteiger partial charge < -0.3 is 11.1 Å². The molecule has 0 spiro atoms. The van der Waals surface area contributed by atoms with E-state index in [1.54, 1.807) is 0 Å². The van der Waals surface area contributed by atoms with Gasteiger partial charge in [0.05, 0.1) is 6.54 Å². The number of carbonyl (C=O) groups excluding carboxylic acids is 1. The summed E-state index contributed by atoms with van der Waals surface area (Å²) in [7, 11) is 0. The Bertz CT molecular complexity index is 237. The highest BCUT2D eigenvalue weighted by Gasteiger charge is 2.24. The summed E-state index contributed by atoms with van der Waals surface area (Å²) in [5.74, 6) is 0.167. The zero-order valence-electron chi connectivity index (χ0n) is 12.0. The highest BCUT2D eigenvalue weighted by atomic mass is 16.2. The van der Waals surface area contributed by atoms with Crippen LogP contribution in [-0.2, 0) is 4.79 Å². The summed E-state index contributed by atoms with van der Waals surface area (Å²) in [5, 5.41) is 2.96. The molecule has 0 aromatic rings. The molecule has 1 aliphatic carbocycles. The Kier molecular flexibility index (Phi) is 7.28. The largest absolute Gasteiger partial charge is 0.355 e. The van der Waals surface area contributed by atoms with E-state index >= 15 is 0 Å². The Morgan fingerprint density at radius 2 is 1.89 bits per heavy atom. The van der Waals surface area contributed by atoms with E-state index in [0.717, 1.165) is 51.6 Å². The first-order valence-corrected chi connectivity index (χ1v) is 7.43. The van der Waals surface area contributed by atoms with E-state index in [0.29, 0.717) is 18.6 Å². The Balaban J connectivity index is 2.40. The quantitative estimate of drug-likeness (QED) is 0.725. The van der Waals surface area contributed by atoms with Crippen LogP contribution >= 0.6 is 0 Å². The molecule has 0 radical (unpaired) electrons. The smallest absolute Gasteiger partial charge is 0.234 e. The summed E-state index contributed by atoms with van der Waals surface area (Å²) in [5.41, 5.74) is 5.94. The molecule has 18 heavy (non-hydrogen) atoms. The number of amides is 1. The molecule has 1 aliphatic rings. The van der Waals surface area contributed by atoms with E-state index in [4.69, 9.17) is 5.73 Å². The van der Waals surface area contributed by atoms with Gasteiger partial charge in [-0.3, -0.25) is 9.69 Å². The van der Waals surface area contributed by atoms with Crippen molar-refractivity contribution in [3.8, 4) is 0 Å². The summed E-state index contributed by atoms with van der Waals surface area (Å²) < 4.78 is 0. The number of nitrogens with one attached hydrogen (secondary N) is 1. The van der Waals surface area contributed by atoms with Gasteiger partial charge in [-0.2, -0.15) is 0 Å². The number of carbonyl (C=O) groups is 1. The monoisotopic (exact) mass is 255 g/mol. The second-order valence-corrected chi connectivity index (χ2v) is 5.39. The predicted octanol–water partition coefficient (Wildman–Crippen LogP) is 1.49. The molecular formula is C14H29N3O. The van der Waals surface area contributed by atoms with Crippen LogP contribution in [0.1, 0.15) is 52.4 Å². The van der Waals surface area contributed by atoms with Gasteiger partial charge in [0.25, 0.3) is 0 Å². The van der Waals surface area contributed by atoms with Crippen LogP contribution in [0.4, 0.5) is 0 Å². The van der Waals surface area contributed by atoms with Gasteiger partial charge in [0.2, 0.25) is 5.91 Å². The Hall–Kier alpha value is -0.610. The highest BCUT2D eigenvalue weighted by molar-refractivity contribution is 5.78. The molecule has 0 aromatic heterocycles. The zero-order valence-corrected chi connectivity index (χ0v) is 12.0. The van der Waals surface area contributed by atoms with Crippen LogP contribution < -0.4 is 11.1 Å². The predicted molar refractivity (Wildman–Crippen MR) is 75.4 cm³/mol. The summed E-state index contributed by atoms with van der Waals surface area (Å²) in [6.45, 7) is 6.60. The van der Waals surface area contributed by atoms with E-state index in [1.807, 2.05) is 0 Å². The maximum atomic E-state index is 11.8. The number of hydrogen-bond donors (Lipinski definition) is 2. The molecule has 0 aromatic carbocycles. The van der Waals surface area contributed by atoms with Crippen molar-refractivity contribution in [2.45, 2.75) is 64.5 Å². The average Bonchev–Trinajstić information content (AvgIpc) is 2.37. The van der Waals surface area contributed by atoms with Gasteiger partial charge in [-0.1, -0.05) is 13.8 Å². The average molecular weight is 255 g/mol. The van der Waals surface area contributed by atoms with E-state index in [-0.39, 0.29) is 5.91 Å².